The summed E-state index contributed by atoms with van der Waals surface area (Å²) in [5.41, 5.74) is 5.55. The Balaban J connectivity index is 3.39. The van der Waals surface area contributed by atoms with Gasteiger partial charge in [-0.15, -0.1) is 0 Å². The van der Waals surface area contributed by atoms with Gasteiger partial charge in [0.1, 0.15) is 0 Å². The van der Waals surface area contributed by atoms with Crippen molar-refractivity contribution in [3.8, 4) is 0 Å². The van der Waals surface area contributed by atoms with E-state index in [0.29, 0.717) is 19.4 Å². The van der Waals surface area contributed by atoms with Gasteiger partial charge in [0.25, 0.3) is 0 Å². The average Bonchev–Trinajstić information content (AvgIpc) is 2.48. The molecule has 0 bridgehead atoms. The van der Waals surface area contributed by atoms with Crippen LogP contribution in [0, 0.1) is 5.41 Å². The summed E-state index contributed by atoms with van der Waals surface area (Å²) in [7, 11) is 0. The zero-order valence-electron chi connectivity index (χ0n) is 14.7. The van der Waals surface area contributed by atoms with Gasteiger partial charge in [-0.25, -0.2) is 0 Å². The van der Waals surface area contributed by atoms with E-state index in [-0.39, 0.29) is 17.2 Å². The topological polar surface area (TPSA) is 84.2 Å². The van der Waals surface area contributed by atoms with Gasteiger partial charge < -0.3 is 16.4 Å². The Morgan fingerprint density at radius 2 is 1.41 bits per heavy atom. The lowest BCUT2D eigenvalue weighted by Gasteiger charge is -2.21. The lowest BCUT2D eigenvalue weighted by atomic mass is 9.85. The molecule has 0 aliphatic rings. The highest BCUT2D eigenvalue weighted by molar-refractivity contribution is 5.76. The van der Waals surface area contributed by atoms with Crippen LogP contribution in [-0.4, -0.2) is 31.4 Å². The van der Waals surface area contributed by atoms with Crippen LogP contribution in [0.15, 0.2) is 0 Å². The first-order valence-electron chi connectivity index (χ1n) is 8.64. The fourth-order valence-electron chi connectivity index (χ4n) is 2.00. The number of carbonyl (C=O) groups excluding carboxylic acids is 2. The minimum absolute atomic E-state index is 0.0322. The van der Waals surface area contributed by atoms with Crippen LogP contribution in [-0.2, 0) is 9.59 Å². The van der Waals surface area contributed by atoms with E-state index in [2.05, 4.69) is 31.4 Å². The number of hydrogen-bond donors (Lipinski definition) is 3. The van der Waals surface area contributed by atoms with E-state index in [1.54, 1.807) is 0 Å². The van der Waals surface area contributed by atoms with Crippen LogP contribution in [0.25, 0.3) is 0 Å². The third-order valence-electron chi connectivity index (χ3n) is 4.11. The van der Waals surface area contributed by atoms with E-state index in [0.717, 1.165) is 51.6 Å². The molecule has 0 heterocycles. The third-order valence-corrected chi connectivity index (χ3v) is 4.11. The van der Waals surface area contributed by atoms with E-state index >= 15 is 0 Å². The van der Waals surface area contributed by atoms with E-state index in [9.17, 15) is 9.59 Å². The molecule has 0 aliphatic heterocycles. The Kier molecular flexibility index (Phi) is 11.8. The van der Waals surface area contributed by atoms with Crippen molar-refractivity contribution in [1.29, 1.82) is 0 Å². The fourth-order valence-corrected chi connectivity index (χ4v) is 2.00. The molecule has 0 saturated heterocycles. The predicted octanol–water partition coefficient (Wildman–Crippen LogP) is 2.34. The lowest BCUT2D eigenvalue weighted by Crippen LogP contribution is -2.26. The van der Waals surface area contributed by atoms with Crippen molar-refractivity contribution >= 4 is 11.8 Å². The minimum Gasteiger partial charge on any atom is -0.356 e. The first kappa shape index (κ1) is 20.9. The van der Waals surface area contributed by atoms with Gasteiger partial charge in [0.05, 0.1) is 0 Å². The molecular formula is C17H35N3O2. The average molecular weight is 313 g/mol. The highest BCUT2D eigenvalue weighted by atomic mass is 16.2. The van der Waals surface area contributed by atoms with Crippen LogP contribution in [0.4, 0.5) is 0 Å². The molecule has 0 fully saturated rings. The Labute approximate surface area is 135 Å². The van der Waals surface area contributed by atoms with Gasteiger partial charge in [-0.2, -0.15) is 0 Å². The molecule has 0 atom stereocenters. The Morgan fingerprint density at radius 1 is 0.909 bits per heavy atom. The summed E-state index contributed by atoms with van der Waals surface area (Å²) in [5, 5.41) is 5.82. The van der Waals surface area contributed by atoms with E-state index in [1.165, 1.54) is 0 Å². The normalized spacial score (nSPS) is 11.3. The molecule has 0 unspecified atom stereocenters. The van der Waals surface area contributed by atoms with Crippen molar-refractivity contribution in [2.75, 3.05) is 19.6 Å². The molecular weight excluding hydrogens is 278 g/mol. The van der Waals surface area contributed by atoms with Crippen molar-refractivity contribution in [1.82, 2.24) is 10.6 Å². The van der Waals surface area contributed by atoms with Gasteiger partial charge in [0.15, 0.2) is 0 Å². The molecule has 0 aromatic rings. The molecule has 22 heavy (non-hydrogen) atoms. The molecule has 0 aromatic heterocycles. The fraction of sp³-hybridized carbons (Fsp3) is 0.882. The maximum absolute atomic E-state index is 11.7. The molecule has 0 saturated carbocycles. The highest BCUT2D eigenvalue weighted by Crippen LogP contribution is 2.25. The smallest absolute Gasteiger partial charge is 0.221 e. The summed E-state index contributed by atoms with van der Waals surface area (Å²) in [6, 6.07) is 0. The second kappa shape index (κ2) is 12.4. The zero-order valence-corrected chi connectivity index (χ0v) is 14.7. The summed E-state index contributed by atoms with van der Waals surface area (Å²) < 4.78 is 0. The molecule has 0 aliphatic carbocycles. The molecule has 5 heteroatoms. The highest BCUT2D eigenvalue weighted by Gasteiger charge is 2.16. The third kappa shape index (κ3) is 12.6. The van der Waals surface area contributed by atoms with E-state index < -0.39 is 0 Å². The maximum atomic E-state index is 11.7. The second-order valence-electron chi connectivity index (χ2n) is 6.67. The first-order valence-corrected chi connectivity index (χ1v) is 8.64. The first-order chi connectivity index (χ1) is 10.4. The number of amides is 2. The summed E-state index contributed by atoms with van der Waals surface area (Å²) in [4.78, 5) is 22.9. The van der Waals surface area contributed by atoms with Crippen LogP contribution in [0.5, 0.6) is 0 Å². The van der Waals surface area contributed by atoms with Crippen LogP contribution in [0.1, 0.15) is 72.1 Å². The van der Waals surface area contributed by atoms with Crippen molar-refractivity contribution in [3.05, 3.63) is 0 Å². The van der Waals surface area contributed by atoms with Crippen LogP contribution in [0.2, 0.25) is 0 Å². The Hall–Kier alpha value is -1.10. The Bertz CT molecular complexity index is 317. The lowest BCUT2D eigenvalue weighted by molar-refractivity contribution is -0.122. The zero-order chi connectivity index (χ0) is 16.8. The molecule has 2 amide bonds. The quantitative estimate of drug-likeness (QED) is 0.456. The largest absolute Gasteiger partial charge is 0.356 e. The van der Waals surface area contributed by atoms with Crippen LogP contribution < -0.4 is 16.4 Å². The number of nitrogens with two attached hydrogens (primary N) is 1. The van der Waals surface area contributed by atoms with Crippen molar-refractivity contribution in [2.45, 2.75) is 72.1 Å². The van der Waals surface area contributed by atoms with Gasteiger partial charge >= 0.3 is 0 Å². The number of rotatable bonds is 13. The van der Waals surface area contributed by atoms with Gasteiger partial charge in [-0.1, -0.05) is 40.0 Å². The maximum Gasteiger partial charge on any atom is 0.221 e. The number of hydrogen-bond acceptors (Lipinski definition) is 3. The molecule has 130 valence electrons. The number of nitrogens with one attached hydrogen (secondary N) is 2. The summed E-state index contributed by atoms with van der Waals surface area (Å²) >= 11 is 0. The number of unbranched alkanes of at least 4 members (excludes halogenated alkanes) is 3. The molecule has 0 spiro atoms. The van der Waals surface area contributed by atoms with Gasteiger partial charge in [-0.05, 0) is 24.7 Å². The molecule has 0 radical (unpaired) electrons. The van der Waals surface area contributed by atoms with Crippen molar-refractivity contribution in [2.24, 2.45) is 11.1 Å². The van der Waals surface area contributed by atoms with E-state index in [1.807, 2.05) is 0 Å². The van der Waals surface area contributed by atoms with Crippen LogP contribution >= 0.6 is 0 Å². The van der Waals surface area contributed by atoms with Gasteiger partial charge in [-0.3, -0.25) is 9.59 Å². The summed E-state index contributed by atoms with van der Waals surface area (Å²) in [5.74, 6) is 0.195. The SMILES string of the molecule is CCC(C)(C)CCC(=O)NCCCCCCNC(=O)CCN. The molecule has 0 aromatic carbocycles. The molecule has 5 nitrogen and oxygen atoms in total. The summed E-state index contributed by atoms with van der Waals surface area (Å²) in [6.07, 6.45) is 7.19. The van der Waals surface area contributed by atoms with Crippen molar-refractivity contribution < 1.29 is 9.59 Å². The summed E-state index contributed by atoms with van der Waals surface area (Å²) in [6.45, 7) is 8.44. The monoisotopic (exact) mass is 313 g/mol. The molecule has 4 N–H and O–H groups in total. The second-order valence-corrected chi connectivity index (χ2v) is 6.67. The van der Waals surface area contributed by atoms with Crippen LogP contribution in [0.3, 0.4) is 0 Å². The minimum atomic E-state index is 0.0322. The predicted molar refractivity (Wildman–Crippen MR) is 91.5 cm³/mol. The van der Waals surface area contributed by atoms with Gasteiger partial charge in [0, 0.05) is 32.5 Å². The number of carbonyl (C=O) groups is 2. The van der Waals surface area contributed by atoms with Crippen molar-refractivity contribution in [3.63, 3.8) is 0 Å². The Morgan fingerprint density at radius 3 is 1.86 bits per heavy atom. The molecule has 0 rings (SSSR count). The standard InChI is InChI=1S/C17H35N3O2/c1-4-17(2,3)11-9-15(21)19-13-7-5-6-8-14-20-16(22)10-12-18/h4-14,18H2,1-3H3,(H,19,21)(H,20,22). The van der Waals surface area contributed by atoms with Gasteiger partial charge in [0.2, 0.25) is 11.8 Å². The van der Waals surface area contributed by atoms with E-state index in [4.69, 9.17) is 5.73 Å².